The summed E-state index contributed by atoms with van der Waals surface area (Å²) in [6, 6.07) is 22.9. The molecule has 0 spiro atoms. The van der Waals surface area contributed by atoms with E-state index in [1.165, 1.54) is 5.01 Å². The first kappa shape index (κ1) is 16.8. The van der Waals surface area contributed by atoms with Crippen molar-refractivity contribution in [1.29, 1.82) is 0 Å². The van der Waals surface area contributed by atoms with Gasteiger partial charge in [-0.3, -0.25) is 10.2 Å². The Labute approximate surface area is 157 Å². The van der Waals surface area contributed by atoms with E-state index in [-0.39, 0.29) is 5.91 Å². The van der Waals surface area contributed by atoms with Gasteiger partial charge in [-0.2, -0.15) is 0 Å². The number of anilines is 1. The number of rotatable bonds is 3. The van der Waals surface area contributed by atoms with Crippen LogP contribution in [0, 0.1) is 6.92 Å². The number of amidine groups is 1. The molecule has 134 valence electrons. The minimum atomic E-state index is -0.229. The maximum atomic E-state index is 13.2. The Morgan fingerprint density at radius 3 is 2.26 bits per heavy atom. The van der Waals surface area contributed by atoms with Crippen LogP contribution in [0.1, 0.15) is 24.0 Å². The van der Waals surface area contributed by atoms with E-state index < -0.39 is 0 Å². The minimum absolute atomic E-state index is 0.229. The summed E-state index contributed by atoms with van der Waals surface area (Å²) < 4.78 is 5.71. The molecule has 5 heteroatoms. The number of benzene rings is 2. The van der Waals surface area contributed by atoms with Gasteiger partial charge in [0.05, 0.1) is 5.69 Å². The molecular weight excluding hydrogens is 338 g/mol. The first-order valence-corrected chi connectivity index (χ1v) is 8.71. The van der Waals surface area contributed by atoms with Gasteiger partial charge in [-0.25, -0.2) is 10.0 Å². The third-order valence-electron chi connectivity index (χ3n) is 4.37. The van der Waals surface area contributed by atoms with Gasteiger partial charge in [0.1, 0.15) is 17.2 Å². The third kappa shape index (κ3) is 3.27. The molecule has 2 heterocycles. The zero-order valence-electron chi connectivity index (χ0n) is 15.1. The SMILES string of the molecule is C/C(=C1/N=C(c2ccccc2)NN(c2ccccc2)C1=O)c1ccc(C)o1. The standard InChI is InChI=1S/C22H19N3O2/c1-15-13-14-19(27-15)16(2)20-22(26)25(18-11-7-4-8-12-18)24-21(23-20)17-9-5-3-6-10-17/h3-14H,1-2H3,(H,23,24)/b20-16-. The number of furan rings is 1. The Kier molecular flexibility index (Phi) is 4.34. The van der Waals surface area contributed by atoms with E-state index in [1.54, 1.807) is 0 Å². The van der Waals surface area contributed by atoms with Crippen molar-refractivity contribution in [2.24, 2.45) is 4.99 Å². The highest BCUT2D eigenvalue weighted by atomic mass is 16.3. The number of allylic oxidation sites excluding steroid dienone is 1. The molecule has 0 atom stereocenters. The summed E-state index contributed by atoms with van der Waals surface area (Å²) in [4.78, 5) is 17.8. The Morgan fingerprint density at radius 1 is 0.963 bits per heavy atom. The van der Waals surface area contributed by atoms with E-state index in [1.807, 2.05) is 86.6 Å². The van der Waals surface area contributed by atoms with Crippen LogP contribution in [0.2, 0.25) is 0 Å². The van der Waals surface area contributed by atoms with E-state index in [9.17, 15) is 4.79 Å². The number of nitrogens with one attached hydrogen (secondary N) is 1. The normalized spacial score (nSPS) is 16.0. The van der Waals surface area contributed by atoms with Gasteiger partial charge in [-0.1, -0.05) is 48.5 Å². The van der Waals surface area contributed by atoms with Crippen molar-refractivity contribution in [1.82, 2.24) is 5.43 Å². The van der Waals surface area contributed by atoms with Crippen LogP contribution in [-0.2, 0) is 4.79 Å². The van der Waals surface area contributed by atoms with Gasteiger partial charge in [-0.15, -0.1) is 0 Å². The van der Waals surface area contributed by atoms with Crippen LogP contribution in [0.5, 0.6) is 0 Å². The van der Waals surface area contributed by atoms with Gasteiger partial charge in [-0.05, 0) is 38.1 Å². The summed E-state index contributed by atoms with van der Waals surface area (Å²) in [5.74, 6) is 1.81. The van der Waals surface area contributed by atoms with Crippen LogP contribution in [0.15, 0.2) is 87.9 Å². The molecule has 1 aliphatic rings. The smallest absolute Gasteiger partial charge is 0.296 e. The minimum Gasteiger partial charge on any atom is -0.462 e. The zero-order valence-corrected chi connectivity index (χ0v) is 15.1. The number of carbonyl (C=O) groups excluding carboxylic acids is 1. The molecule has 0 aliphatic carbocycles. The van der Waals surface area contributed by atoms with Crippen molar-refractivity contribution in [3.05, 3.63) is 95.6 Å². The molecule has 4 rings (SSSR count). The first-order chi connectivity index (χ1) is 13.1. The summed E-state index contributed by atoms with van der Waals surface area (Å²) in [5.41, 5.74) is 5.83. The maximum absolute atomic E-state index is 13.2. The number of aliphatic imine (C=N–C) groups is 1. The van der Waals surface area contributed by atoms with E-state index in [2.05, 4.69) is 10.4 Å². The lowest BCUT2D eigenvalue weighted by Gasteiger charge is -2.30. The lowest BCUT2D eigenvalue weighted by molar-refractivity contribution is -0.115. The lowest BCUT2D eigenvalue weighted by Crippen LogP contribution is -2.50. The largest absolute Gasteiger partial charge is 0.462 e. The first-order valence-electron chi connectivity index (χ1n) is 8.71. The fraction of sp³-hybridized carbons (Fsp3) is 0.0909. The topological polar surface area (TPSA) is 57.8 Å². The molecule has 0 saturated heterocycles. The zero-order chi connectivity index (χ0) is 18.8. The summed E-state index contributed by atoms with van der Waals surface area (Å²) in [5, 5.41) is 1.52. The fourth-order valence-corrected chi connectivity index (χ4v) is 2.93. The van der Waals surface area contributed by atoms with Crippen LogP contribution >= 0.6 is 0 Å². The Morgan fingerprint density at radius 2 is 1.63 bits per heavy atom. The van der Waals surface area contributed by atoms with Crippen molar-refractivity contribution < 1.29 is 9.21 Å². The molecule has 0 radical (unpaired) electrons. The number of para-hydroxylation sites is 1. The van der Waals surface area contributed by atoms with Crippen molar-refractivity contribution in [2.75, 3.05) is 5.01 Å². The van der Waals surface area contributed by atoms with E-state index >= 15 is 0 Å². The second kappa shape index (κ2) is 6.96. The van der Waals surface area contributed by atoms with E-state index in [0.717, 1.165) is 17.0 Å². The highest BCUT2D eigenvalue weighted by Gasteiger charge is 2.29. The molecule has 1 aliphatic heterocycles. The molecule has 5 nitrogen and oxygen atoms in total. The second-order valence-electron chi connectivity index (χ2n) is 6.30. The average Bonchev–Trinajstić information content (AvgIpc) is 3.15. The predicted molar refractivity (Wildman–Crippen MR) is 106 cm³/mol. The molecule has 0 fully saturated rings. The summed E-state index contributed by atoms with van der Waals surface area (Å²) in [6.07, 6.45) is 0. The van der Waals surface area contributed by atoms with Gasteiger partial charge in [0.2, 0.25) is 0 Å². The van der Waals surface area contributed by atoms with Crippen molar-refractivity contribution in [3.63, 3.8) is 0 Å². The molecule has 1 aromatic heterocycles. The lowest BCUT2D eigenvalue weighted by atomic mass is 10.1. The number of hydrogen-bond donors (Lipinski definition) is 1. The van der Waals surface area contributed by atoms with E-state index in [4.69, 9.17) is 4.42 Å². The van der Waals surface area contributed by atoms with Gasteiger partial charge < -0.3 is 4.42 Å². The molecule has 1 amide bonds. The monoisotopic (exact) mass is 357 g/mol. The molecule has 0 saturated carbocycles. The molecular formula is C22H19N3O2. The van der Waals surface area contributed by atoms with Crippen LogP contribution < -0.4 is 10.4 Å². The summed E-state index contributed by atoms with van der Waals surface area (Å²) >= 11 is 0. The van der Waals surface area contributed by atoms with Crippen LogP contribution in [0.3, 0.4) is 0 Å². The van der Waals surface area contributed by atoms with E-state index in [0.29, 0.717) is 22.9 Å². The van der Waals surface area contributed by atoms with Gasteiger partial charge in [0.25, 0.3) is 5.91 Å². The molecule has 0 unspecified atom stereocenters. The number of amides is 1. The predicted octanol–water partition coefficient (Wildman–Crippen LogP) is 4.32. The molecule has 0 bridgehead atoms. The second-order valence-corrected chi connectivity index (χ2v) is 6.30. The Hall–Kier alpha value is -3.60. The number of carbonyl (C=O) groups is 1. The number of nitrogens with zero attached hydrogens (tertiary/aromatic N) is 2. The number of hydrazine groups is 1. The van der Waals surface area contributed by atoms with Crippen molar-refractivity contribution in [3.8, 4) is 0 Å². The van der Waals surface area contributed by atoms with Gasteiger partial charge >= 0.3 is 0 Å². The quantitative estimate of drug-likeness (QED) is 0.710. The highest BCUT2D eigenvalue weighted by molar-refractivity contribution is 6.17. The molecule has 1 N–H and O–H groups in total. The van der Waals surface area contributed by atoms with Crippen LogP contribution in [0.25, 0.3) is 5.57 Å². The Balaban J connectivity index is 1.86. The van der Waals surface area contributed by atoms with Crippen molar-refractivity contribution >= 4 is 23.0 Å². The summed E-state index contributed by atoms with van der Waals surface area (Å²) in [6.45, 7) is 3.73. The van der Waals surface area contributed by atoms with Gasteiger partial charge in [0, 0.05) is 11.1 Å². The molecule has 3 aromatic rings. The Bertz CT molecular complexity index is 1030. The average molecular weight is 357 g/mol. The molecule has 2 aromatic carbocycles. The number of hydrogen-bond acceptors (Lipinski definition) is 4. The highest BCUT2D eigenvalue weighted by Crippen LogP contribution is 2.27. The third-order valence-corrected chi connectivity index (χ3v) is 4.37. The molecule has 27 heavy (non-hydrogen) atoms. The maximum Gasteiger partial charge on any atom is 0.296 e. The number of aryl methyl sites for hydroxylation is 1. The van der Waals surface area contributed by atoms with Crippen LogP contribution in [0.4, 0.5) is 5.69 Å². The van der Waals surface area contributed by atoms with Crippen molar-refractivity contribution in [2.45, 2.75) is 13.8 Å². The summed E-state index contributed by atoms with van der Waals surface area (Å²) in [7, 11) is 0. The fourth-order valence-electron chi connectivity index (χ4n) is 2.93. The van der Waals surface area contributed by atoms with Crippen LogP contribution in [-0.4, -0.2) is 11.7 Å². The van der Waals surface area contributed by atoms with Gasteiger partial charge in [0.15, 0.2) is 5.84 Å².